The van der Waals surface area contributed by atoms with Crippen LogP contribution in [0.15, 0.2) is 24.3 Å². The molecule has 12 heavy (non-hydrogen) atoms. The predicted molar refractivity (Wildman–Crippen MR) is 68.2 cm³/mol. The topological polar surface area (TPSA) is 9.23 Å². The Morgan fingerprint density at radius 3 is 2.83 bits per heavy atom. The van der Waals surface area contributed by atoms with Gasteiger partial charge in [0.25, 0.3) is 0 Å². The van der Waals surface area contributed by atoms with Crippen LogP contribution in [0.1, 0.15) is 6.42 Å². The van der Waals surface area contributed by atoms with Crippen LogP contribution in [-0.2, 0) is 0 Å². The Morgan fingerprint density at radius 1 is 1.33 bits per heavy atom. The first-order valence-corrected chi connectivity index (χ1v) is 6.37. The fourth-order valence-electron chi connectivity index (χ4n) is 0.801. The summed E-state index contributed by atoms with van der Waals surface area (Å²) in [6, 6.07) is 8.12. The van der Waals surface area contributed by atoms with Gasteiger partial charge >= 0.3 is 0 Å². The van der Waals surface area contributed by atoms with Crippen molar-refractivity contribution in [3.8, 4) is 5.75 Å². The highest BCUT2D eigenvalue weighted by molar-refractivity contribution is 14.1. The van der Waals surface area contributed by atoms with Crippen LogP contribution in [0.2, 0.25) is 0 Å². The van der Waals surface area contributed by atoms with Crippen molar-refractivity contribution in [3.05, 3.63) is 27.8 Å². The molecule has 0 radical (unpaired) electrons. The van der Waals surface area contributed by atoms with E-state index in [1.54, 1.807) is 0 Å². The van der Waals surface area contributed by atoms with Crippen LogP contribution in [0.25, 0.3) is 0 Å². The molecule has 3 heteroatoms. The molecule has 0 bridgehead atoms. The van der Waals surface area contributed by atoms with E-state index in [1.807, 2.05) is 18.2 Å². The van der Waals surface area contributed by atoms with Crippen molar-refractivity contribution in [2.24, 2.45) is 0 Å². The summed E-state index contributed by atoms with van der Waals surface area (Å²) in [7, 11) is 0. The molecule has 0 aliphatic carbocycles. The fraction of sp³-hybridized carbons (Fsp3) is 0.333. The quantitative estimate of drug-likeness (QED) is 0.436. The molecule has 1 nitrogen and oxygen atoms in total. The van der Waals surface area contributed by atoms with Crippen molar-refractivity contribution < 1.29 is 4.74 Å². The first-order valence-electron chi connectivity index (χ1n) is 3.77. The Morgan fingerprint density at radius 2 is 2.17 bits per heavy atom. The van der Waals surface area contributed by atoms with Gasteiger partial charge in [-0.1, -0.05) is 28.7 Å². The maximum Gasteiger partial charge on any atom is 0.120 e. The standard InChI is InChI=1S/C9H10I2O/c10-5-2-6-12-9-4-1-3-8(11)7-9/h1,3-4,7H,2,5-6H2. The number of alkyl halides is 1. The van der Waals surface area contributed by atoms with E-state index in [0.29, 0.717) is 0 Å². The van der Waals surface area contributed by atoms with Gasteiger partial charge < -0.3 is 4.74 Å². The summed E-state index contributed by atoms with van der Waals surface area (Å²) in [5.41, 5.74) is 0. The highest BCUT2D eigenvalue weighted by atomic mass is 127. The van der Waals surface area contributed by atoms with Crippen molar-refractivity contribution in [3.63, 3.8) is 0 Å². The SMILES string of the molecule is ICCCOc1cccc(I)c1. The molecule has 0 saturated carbocycles. The predicted octanol–water partition coefficient (Wildman–Crippen LogP) is 3.50. The lowest BCUT2D eigenvalue weighted by Crippen LogP contribution is -1.97. The molecular formula is C9H10I2O. The van der Waals surface area contributed by atoms with E-state index in [0.717, 1.165) is 23.2 Å². The normalized spacial score (nSPS) is 9.83. The molecule has 0 aliphatic rings. The minimum absolute atomic E-state index is 0.822. The van der Waals surface area contributed by atoms with Gasteiger partial charge in [-0.05, 0) is 47.2 Å². The van der Waals surface area contributed by atoms with E-state index >= 15 is 0 Å². The van der Waals surface area contributed by atoms with E-state index in [9.17, 15) is 0 Å². The molecule has 0 aliphatic heterocycles. The number of rotatable bonds is 4. The molecule has 0 aromatic heterocycles. The highest BCUT2D eigenvalue weighted by Crippen LogP contribution is 2.14. The molecule has 0 heterocycles. The lowest BCUT2D eigenvalue weighted by Gasteiger charge is -2.04. The Hall–Kier alpha value is 0.480. The van der Waals surface area contributed by atoms with Crippen LogP contribution < -0.4 is 4.74 Å². The third-order valence-electron chi connectivity index (χ3n) is 1.34. The van der Waals surface area contributed by atoms with Gasteiger partial charge in [-0.2, -0.15) is 0 Å². The molecule has 66 valence electrons. The molecule has 0 N–H and O–H groups in total. The fourth-order valence-corrected chi connectivity index (χ4v) is 1.63. The number of hydrogen-bond acceptors (Lipinski definition) is 1. The van der Waals surface area contributed by atoms with Crippen molar-refractivity contribution in [2.45, 2.75) is 6.42 Å². The van der Waals surface area contributed by atoms with Crippen molar-refractivity contribution in [1.29, 1.82) is 0 Å². The van der Waals surface area contributed by atoms with Gasteiger partial charge in [0.05, 0.1) is 6.61 Å². The summed E-state index contributed by atoms with van der Waals surface area (Å²) < 4.78 is 7.89. The highest BCUT2D eigenvalue weighted by Gasteiger charge is 1.92. The van der Waals surface area contributed by atoms with Crippen molar-refractivity contribution in [1.82, 2.24) is 0 Å². The Bertz CT molecular complexity index is 238. The summed E-state index contributed by atoms with van der Waals surface area (Å²) in [6.45, 7) is 0.822. The van der Waals surface area contributed by atoms with Gasteiger partial charge in [-0.25, -0.2) is 0 Å². The number of benzene rings is 1. The van der Waals surface area contributed by atoms with Gasteiger partial charge in [-0.15, -0.1) is 0 Å². The zero-order chi connectivity index (χ0) is 8.81. The number of halogens is 2. The molecule has 1 aromatic carbocycles. The molecule has 0 saturated heterocycles. The lowest BCUT2D eigenvalue weighted by atomic mass is 10.3. The van der Waals surface area contributed by atoms with Gasteiger partial charge in [-0.3, -0.25) is 0 Å². The molecule has 0 unspecified atom stereocenters. The summed E-state index contributed by atoms with van der Waals surface area (Å²) in [5, 5.41) is 0. The first kappa shape index (κ1) is 10.6. The van der Waals surface area contributed by atoms with Crippen LogP contribution in [0.4, 0.5) is 0 Å². The second-order valence-electron chi connectivity index (χ2n) is 2.35. The minimum Gasteiger partial charge on any atom is -0.494 e. The van der Waals surface area contributed by atoms with E-state index in [2.05, 4.69) is 51.2 Å². The van der Waals surface area contributed by atoms with Gasteiger partial charge in [0.1, 0.15) is 5.75 Å². The van der Waals surface area contributed by atoms with Gasteiger partial charge in [0.2, 0.25) is 0 Å². The zero-order valence-electron chi connectivity index (χ0n) is 6.59. The lowest BCUT2D eigenvalue weighted by molar-refractivity contribution is 0.319. The smallest absolute Gasteiger partial charge is 0.120 e. The molecule has 0 fully saturated rings. The monoisotopic (exact) mass is 388 g/mol. The average molecular weight is 388 g/mol. The third kappa shape index (κ3) is 3.93. The van der Waals surface area contributed by atoms with E-state index < -0.39 is 0 Å². The Kier molecular flexibility index (Phi) is 5.29. The summed E-state index contributed by atoms with van der Waals surface area (Å²) in [6.07, 6.45) is 1.12. The van der Waals surface area contributed by atoms with E-state index in [4.69, 9.17) is 4.74 Å². The molecular weight excluding hydrogens is 378 g/mol. The second kappa shape index (κ2) is 6.01. The second-order valence-corrected chi connectivity index (χ2v) is 4.67. The van der Waals surface area contributed by atoms with Crippen molar-refractivity contribution in [2.75, 3.05) is 11.0 Å². The van der Waals surface area contributed by atoms with E-state index in [-0.39, 0.29) is 0 Å². The molecule has 1 rings (SSSR count). The number of hydrogen-bond donors (Lipinski definition) is 0. The first-order chi connectivity index (χ1) is 5.83. The molecule has 1 aromatic rings. The van der Waals surface area contributed by atoms with Gasteiger partial charge in [0.15, 0.2) is 0 Å². The molecule has 0 spiro atoms. The maximum absolute atomic E-state index is 5.52. The molecule has 0 amide bonds. The summed E-state index contributed by atoms with van der Waals surface area (Å²) >= 11 is 4.64. The number of ether oxygens (including phenoxy) is 1. The minimum atomic E-state index is 0.822. The van der Waals surface area contributed by atoms with Gasteiger partial charge in [0, 0.05) is 8.00 Å². The average Bonchev–Trinajstić information content (AvgIpc) is 2.05. The van der Waals surface area contributed by atoms with E-state index in [1.165, 1.54) is 3.57 Å². The Labute approximate surface area is 100 Å². The summed E-state index contributed by atoms with van der Waals surface area (Å²) in [5.74, 6) is 0.978. The van der Waals surface area contributed by atoms with Crippen LogP contribution >= 0.6 is 45.2 Å². The van der Waals surface area contributed by atoms with Crippen LogP contribution in [0.5, 0.6) is 5.75 Å². The van der Waals surface area contributed by atoms with Crippen LogP contribution in [-0.4, -0.2) is 11.0 Å². The van der Waals surface area contributed by atoms with Crippen LogP contribution in [0.3, 0.4) is 0 Å². The van der Waals surface area contributed by atoms with Crippen LogP contribution in [0, 0.1) is 3.57 Å². The van der Waals surface area contributed by atoms with Crippen molar-refractivity contribution >= 4 is 45.2 Å². The largest absolute Gasteiger partial charge is 0.494 e. The maximum atomic E-state index is 5.52. The third-order valence-corrected chi connectivity index (χ3v) is 2.78. The summed E-state index contributed by atoms with van der Waals surface area (Å²) in [4.78, 5) is 0. The zero-order valence-corrected chi connectivity index (χ0v) is 10.9. The Balaban J connectivity index is 2.41. The molecule has 0 atom stereocenters.